The number of furan rings is 1. The summed E-state index contributed by atoms with van der Waals surface area (Å²) in [4.78, 5) is 61.3. The number of para-hydroxylation sites is 1. The first-order valence-electron chi connectivity index (χ1n) is 19.1. The van der Waals surface area contributed by atoms with Crippen LogP contribution >= 0.6 is 0 Å². The van der Waals surface area contributed by atoms with Crippen molar-refractivity contribution in [2.45, 2.75) is 51.0 Å². The van der Waals surface area contributed by atoms with Crippen molar-refractivity contribution in [2.24, 2.45) is 5.73 Å². The predicted octanol–water partition coefficient (Wildman–Crippen LogP) is 2.17. The number of aromatic amines is 1. The lowest BCUT2D eigenvalue weighted by Gasteiger charge is -2.15. The number of aryl methyl sites for hydroxylation is 1. The standard InChI is InChI=1S/C38H56N6O13/c39-37(47)32(9-3-4-14-41-38(48)33-11-12-36(57-33)44(49)50)43-35(46)13-16-51-18-20-53-22-24-55-26-27-56-25-23-54-21-19-52-17-15-40-34(45)10-5-6-29-28-42-31-8-2-1-7-30(29)31/h1-2,7-8,11-12,28,32,42H,3-6,9-10,13-27H2,(H2,39,47)(H,40,45)(H,41,48)(H,43,46). The van der Waals surface area contributed by atoms with Crippen molar-refractivity contribution in [3.63, 3.8) is 0 Å². The maximum Gasteiger partial charge on any atom is 0.433 e. The minimum Gasteiger partial charge on any atom is -0.395 e. The van der Waals surface area contributed by atoms with Gasteiger partial charge in [-0.2, -0.15) is 0 Å². The summed E-state index contributed by atoms with van der Waals surface area (Å²) in [7, 11) is 0. The van der Waals surface area contributed by atoms with Gasteiger partial charge in [0.05, 0.1) is 85.3 Å². The van der Waals surface area contributed by atoms with Gasteiger partial charge in [0, 0.05) is 43.0 Å². The van der Waals surface area contributed by atoms with Crippen molar-refractivity contribution in [1.82, 2.24) is 20.9 Å². The number of primary amides is 1. The Hall–Kier alpha value is -4.92. The second-order valence-electron chi connectivity index (χ2n) is 12.7. The van der Waals surface area contributed by atoms with Gasteiger partial charge in [-0.3, -0.25) is 29.3 Å². The molecule has 0 aliphatic carbocycles. The number of amides is 4. The summed E-state index contributed by atoms with van der Waals surface area (Å²) in [5.74, 6) is -2.34. The van der Waals surface area contributed by atoms with Gasteiger partial charge < -0.3 is 59.5 Å². The Bertz CT molecular complexity index is 1630. The van der Waals surface area contributed by atoms with Crippen molar-refractivity contribution in [3.05, 3.63) is 64.0 Å². The average molecular weight is 805 g/mol. The zero-order valence-electron chi connectivity index (χ0n) is 32.3. The highest BCUT2D eigenvalue weighted by atomic mass is 16.6. The molecule has 3 rings (SSSR count). The van der Waals surface area contributed by atoms with Gasteiger partial charge in [0.25, 0.3) is 5.91 Å². The minimum atomic E-state index is -0.869. The molecule has 0 fully saturated rings. The molecule has 0 saturated heterocycles. The maximum atomic E-state index is 12.2. The van der Waals surface area contributed by atoms with Crippen molar-refractivity contribution < 1.29 is 56.9 Å². The summed E-state index contributed by atoms with van der Waals surface area (Å²) in [6.45, 7) is 5.18. The first-order valence-corrected chi connectivity index (χ1v) is 19.1. The van der Waals surface area contributed by atoms with Crippen LogP contribution in [-0.4, -0.2) is 132 Å². The number of fused-ring (bicyclic) bond motifs is 1. The van der Waals surface area contributed by atoms with E-state index < -0.39 is 28.7 Å². The molecule has 2 aromatic heterocycles. The molecule has 1 unspecified atom stereocenters. The number of hydrogen-bond acceptors (Lipinski definition) is 13. The normalized spacial score (nSPS) is 11.7. The Balaban J connectivity index is 1.01. The van der Waals surface area contributed by atoms with E-state index in [4.69, 9.17) is 38.6 Å². The summed E-state index contributed by atoms with van der Waals surface area (Å²) < 4.78 is 37.6. The number of unbranched alkanes of at least 4 members (excludes halogenated alkanes) is 1. The predicted molar refractivity (Wildman–Crippen MR) is 206 cm³/mol. The van der Waals surface area contributed by atoms with E-state index in [1.165, 1.54) is 17.0 Å². The molecule has 57 heavy (non-hydrogen) atoms. The zero-order chi connectivity index (χ0) is 40.9. The maximum absolute atomic E-state index is 12.2. The van der Waals surface area contributed by atoms with Crippen LogP contribution in [-0.2, 0) is 49.2 Å². The van der Waals surface area contributed by atoms with Gasteiger partial charge in [-0.25, -0.2) is 0 Å². The number of benzene rings is 1. The molecule has 0 spiro atoms. The van der Waals surface area contributed by atoms with Crippen molar-refractivity contribution in [3.8, 4) is 0 Å². The number of hydrogen-bond donors (Lipinski definition) is 5. The van der Waals surface area contributed by atoms with Gasteiger partial charge in [0.2, 0.25) is 17.7 Å². The van der Waals surface area contributed by atoms with Crippen molar-refractivity contribution in [1.29, 1.82) is 0 Å². The summed E-state index contributed by atoms with van der Waals surface area (Å²) in [6.07, 6.45) is 5.38. The number of ether oxygens (including phenoxy) is 6. The number of rotatable bonds is 34. The fraction of sp³-hybridized carbons (Fsp3) is 0.579. The molecule has 1 aromatic carbocycles. The molecule has 0 aliphatic heterocycles. The topological polar surface area (TPSA) is 258 Å². The Labute approximate surface area is 331 Å². The van der Waals surface area contributed by atoms with Gasteiger partial charge in [0.1, 0.15) is 11.0 Å². The molecule has 1 atom stereocenters. The smallest absolute Gasteiger partial charge is 0.395 e. The molecule has 316 valence electrons. The first kappa shape index (κ1) is 46.5. The van der Waals surface area contributed by atoms with Crippen LogP contribution in [0.25, 0.3) is 10.9 Å². The van der Waals surface area contributed by atoms with E-state index in [2.05, 4.69) is 27.0 Å². The van der Waals surface area contributed by atoms with Crippen LogP contribution in [0.5, 0.6) is 0 Å². The highest BCUT2D eigenvalue weighted by Crippen LogP contribution is 2.19. The number of aromatic nitrogens is 1. The van der Waals surface area contributed by atoms with Gasteiger partial charge in [-0.1, -0.05) is 18.2 Å². The van der Waals surface area contributed by atoms with Crippen LogP contribution in [0.1, 0.15) is 54.6 Å². The van der Waals surface area contributed by atoms with Gasteiger partial charge in [0.15, 0.2) is 5.76 Å². The monoisotopic (exact) mass is 804 g/mol. The van der Waals surface area contributed by atoms with Crippen LogP contribution in [0.2, 0.25) is 0 Å². The van der Waals surface area contributed by atoms with Crippen LogP contribution in [0.15, 0.2) is 47.0 Å². The lowest BCUT2D eigenvalue weighted by molar-refractivity contribution is -0.402. The quantitative estimate of drug-likeness (QED) is 0.0330. The molecular formula is C38H56N6O13. The summed E-state index contributed by atoms with van der Waals surface area (Å²) in [5, 5.41) is 19.9. The molecule has 0 radical (unpaired) electrons. The molecule has 2 heterocycles. The average Bonchev–Trinajstić information content (AvgIpc) is 3.86. The summed E-state index contributed by atoms with van der Waals surface area (Å²) in [6, 6.07) is 9.58. The third-order valence-corrected chi connectivity index (χ3v) is 8.31. The second kappa shape index (κ2) is 28.5. The van der Waals surface area contributed by atoms with Gasteiger partial charge in [-0.05, 0) is 49.8 Å². The SMILES string of the molecule is NC(=O)C(CCCCNC(=O)c1ccc([N+](=O)[O-])o1)NC(=O)CCOCCOCCOCCOCCOCCOCCNC(=O)CCCc1c[nH]c2ccccc12. The minimum absolute atomic E-state index is 0.0198. The van der Waals surface area contributed by atoms with E-state index >= 15 is 0 Å². The van der Waals surface area contributed by atoms with Crippen LogP contribution in [0.3, 0.4) is 0 Å². The molecule has 0 saturated carbocycles. The fourth-order valence-corrected chi connectivity index (χ4v) is 5.36. The highest BCUT2D eigenvalue weighted by molar-refractivity contribution is 5.91. The molecule has 4 amide bonds. The van der Waals surface area contributed by atoms with E-state index in [0.29, 0.717) is 91.9 Å². The third-order valence-electron chi connectivity index (χ3n) is 8.31. The first-order chi connectivity index (χ1) is 27.7. The molecule has 6 N–H and O–H groups in total. The number of nitro groups is 1. The van der Waals surface area contributed by atoms with Crippen LogP contribution < -0.4 is 21.7 Å². The number of carbonyl (C=O) groups is 4. The number of carbonyl (C=O) groups excluding carboxylic acids is 4. The fourth-order valence-electron chi connectivity index (χ4n) is 5.36. The number of nitrogens with zero attached hydrogens (tertiary/aromatic N) is 1. The largest absolute Gasteiger partial charge is 0.433 e. The Morgan fingerprint density at radius 3 is 1.95 bits per heavy atom. The number of nitrogens with two attached hydrogens (primary N) is 1. The Kier molecular flexibility index (Phi) is 23.2. The molecule has 19 nitrogen and oxygen atoms in total. The third kappa shape index (κ3) is 20.2. The number of H-pyrrole nitrogens is 1. The van der Waals surface area contributed by atoms with Crippen LogP contribution in [0.4, 0.5) is 5.88 Å². The van der Waals surface area contributed by atoms with E-state index in [9.17, 15) is 29.3 Å². The summed E-state index contributed by atoms with van der Waals surface area (Å²) >= 11 is 0. The van der Waals surface area contributed by atoms with E-state index in [1.54, 1.807) is 0 Å². The van der Waals surface area contributed by atoms with E-state index in [-0.39, 0.29) is 50.2 Å². The Morgan fingerprint density at radius 1 is 0.719 bits per heavy atom. The highest BCUT2D eigenvalue weighted by Gasteiger charge is 2.19. The molecular weight excluding hydrogens is 748 g/mol. The lowest BCUT2D eigenvalue weighted by Crippen LogP contribution is -2.44. The van der Waals surface area contributed by atoms with Crippen LogP contribution in [0, 0.1) is 10.1 Å². The molecule has 0 aliphatic rings. The molecule has 19 heteroatoms. The molecule has 0 bridgehead atoms. The van der Waals surface area contributed by atoms with E-state index in [1.807, 2.05) is 24.4 Å². The molecule has 3 aromatic rings. The Morgan fingerprint density at radius 2 is 1.33 bits per heavy atom. The van der Waals surface area contributed by atoms with Gasteiger partial charge in [-0.15, -0.1) is 0 Å². The lowest BCUT2D eigenvalue weighted by atomic mass is 10.1. The second-order valence-corrected chi connectivity index (χ2v) is 12.7. The van der Waals surface area contributed by atoms with E-state index in [0.717, 1.165) is 24.4 Å². The summed E-state index contributed by atoms with van der Waals surface area (Å²) in [5.41, 5.74) is 7.75. The van der Waals surface area contributed by atoms with Crippen molar-refractivity contribution in [2.75, 3.05) is 92.4 Å². The zero-order valence-corrected chi connectivity index (χ0v) is 32.3. The number of nitrogens with one attached hydrogen (secondary N) is 4. The van der Waals surface area contributed by atoms with Gasteiger partial charge >= 0.3 is 5.88 Å². The van der Waals surface area contributed by atoms with Crippen molar-refractivity contribution >= 4 is 40.4 Å².